The van der Waals surface area contributed by atoms with E-state index in [0.29, 0.717) is 18.7 Å². The van der Waals surface area contributed by atoms with Crippen molar-refractivity contribution in [2.75, 3.05) is 49.5 Å². The third kappa shape index (κ3) is 5.63. The van der Waals surface area contributed by atoms with Gasteiger partial charge in [0.1, 0.15) is 18.5 Å². The Morgan fingerprint density at radius 1 is 1.03 bits per heavy atom. The van der Waals surface area contributed by atoms with Crippen molar-refractivity contribution < 1.29 is 14.6 Å². The minimum Gasteiger partial charge on any atom is -0.491 e. The van der Waals surface area contributed by atoms with Crippen molar-refractivity contribution in [2.24, 2.45) is 0 Å². The number of rotatable bonds is 6. The molecule has 2 aliphatic rings. The molecule has 2 N–H and O–H groups in total. The summed E-state index contributed by atoms with van der Waals surface area (Å²) in [4.78, 5) is 16.2. The van der Waals surface area contributed by atoms with Crippen molar-refractivity contribution in [2.45, 2.75) is 18.9 Å². The number of ether oxygens (including phenoxy) is 1. The molecule has 0 aromatic heterocycles. The van der Waals surface area contributed by atoms with Gasteiger partial charge in [-0.3, -0.25) is 9.69 Å². The van der Waals surface area contributed by atoms with E-state index in [1.807, 2.05) is 24.3 Å². The van der Waals surface area contributed by atoms with Crippen LogP contribution in [0.3, 0.4) is 0 Å². The molecule has 1 unspecified atom stereocenters. The molecule has 1 atom stereocenters. The number of amides is 1. The van der Waals surface area contributed by atoms with E-state index in [-0.39, 0.29) is 24.9 Å². The van der Waals surface area contributed by atoms with Crippen LogP contribution in [0.2, 0.25) is 0 Å². The average Bonchev–Trinajstić information content (AvgIpc) is 2.73. The molecule has 0 bridgehead atoms. The first kappa shape index (κ1) is 21.4. The van der Waals surface area contributed by atoms with E-state index in [1.54, 1.807) is 0 Å². The van der Waals surface area contributed by atoms with Crippen LogP contribution >= 0.6 is 12.4 Å². The number of para-hydroxylation sites is 1. The summed E-state index contributed by atoms with van der Waals surface area (Å²) in [5.41, 5.74) is 3.20. The number of fused-ring (bicyclic) bond motifs is 1. The number of piperazine rings is 1. The minimum absolute atomic E-state index is 0. The molecule has 0 saturated carbocycles. The number of aliphatic hydroxyl groups excluding tert-OH is 1. The van der Waals surface area contributed by atoms with Gasteiger partial charge in [0.05, 0.1) is 0 Å². The molecular formula is C22H28ClN3O3. The molecule has 7 heteroatoms. The van der Waals surface area contributed by atoms with E-state index < -0.39 is 6.10 Å². The summed E-state index contributed by atoms with van der Waals surface area (Å²) in [5, 5.41) is 13.3. The monoisotopic (exact) mass is 417 g/mol. The number of anilines is 2. The van der Waals surface area contributed by atoms with E-state index in [0.717, 1.165) is 43.9 Å². The van der Waals surface area contributed by atoms with Crippen LogP contribution in [-0.4, -0.2) is 61.3 Å². The summed E-state index contributed by atoms with van der Waals surface area (Å²) in [6.07, 6.45) is 0.747. The fraction of sp³-hybridized carbons (Fsp3) is 0.409. The molecule has 29 heavy (non-hydrogen) atoms. The van der Waals surface area contributed by atoms with Crippen molar-refractivity contribution in [1.82, 2.24) is 4.90 Å². The lowest BCUT2D eigenvalue weighted by atomic mass is 10.0. The number of hydrogen-bond acceptors (Lipinski definition) is 5. The van der Waals surface area contributed by atoms with Crippen LogP contribution in [-0.2, 0) is 11.2 Å². The van der Waals surface area contributed by atoms with Crippen LogP contribution in [0.5, 0.6) is 5.75 Å². The maximum atomic E-state index is 11.5. The van der Waals surface area contributed by atoms with E-state index in [4.69, 9.17) is 4.74 Å². The minimum atomic E-state index is -0.547. The van der Waals surface area contributed by atoms with Gasteiger partial charge in [0.25, 0.3) is 0 Å². The zero-order valence-corrected chi connectivity index (χ0v) is 17.2. The molecule has 0 radical (unpaired) electrons. The Kier molecular flexibility index (Phi) is 7.36. The molecule has 156 valence electrons. The van der Waals surface area contributed by atoms with Crippen LogP contribution in [0, 0.1) is 0 Å². The van der Waals surface area contributed by atoms with Gasteiger partial charge < -0.3 is 20.1 Å². The first-order chi connectivity index (χ1) is 13.7. The lowest BCUT2D eigenvalue weighted by Gasteiger charge is -2.36. The average molecular weight is 418 g/mol. The summed E-state index contributed by atoms with van der Waals surface area (Å²) in [5.74, 6) is 0.716. The Bertz CT molecular complexity index is 810. The first-order valence-electron chi connectivity index (χ1n) is 9.93. The fourth-order valence-corrected chi connectivity index (χ4v) is 3.81. The summed E-state index contributed by atoms with van der Waals surface area (Å²) in [6.45, 7) is 4.62. The molecule has 2 heterocycles. The van der Waals surface area contributed by atoms with Gasteiger partial charge in [-0.2, -0.15) is 0 Å². The maximum absolute atomic E-state index is 11.5. The SMILES string of the molecule is Cl.O=C1CCc2ccc(OCC(O)CN3CCN(c4ccccc4)CC3)cc2N1. The van der Waals surface area contributed by atoms with Crippen LogP contribution < -0.4 is 15.0 Å². The van der Waals surface area contributed by atoms with Crippen LogP contribution in [0.1, 0.15) is 12.0 Å². The van der Waals surface area contributed by atoms with E-state index in [9.17, 15) is 9.90 Å². The number of nitrogens with one attached hydrogen (secondary N) is 1. The standard InChI is InChI=1S/C22H27N3O3.ClH/c26-19(15-24-10-12-25(13-11-24)18-4-2-1-3-5-18)16-28-20-8-6-17-7-9-22(27)23-21(17)14-20;/h1-6,8,14,19,26H,7,9-13,15-16H2,(H,23,27);1H. The van der Waals surface area contributed by atoms with Gasteiger partial charge in [-0.15, -0.1) is 12.4 Å². The Morgan fingerprint density at radius 3 is 2.55 bits per heavy atom. The maximum Gasteiger partial charge on any atom is 0.224 e. The highest BCUT2D eigenvalue weighted by Crippen LogP contribution is 2.27. The quantitative estimate of drug-likeness (QED) is 0.756. The zero-order valence-electron chi connectivity index (χ0n) is 16.4. The molecule has 1 amide bonds. The van der Waals surface area contributed by atoms with E-state index >= 15 is 0 Å². The molecule has 1 saturated heterocycles. The van der Waals surface area contributed by atoms with Crippen molar-refractivity contribution >= 4 is 29.7 Å². The molecule has 2 aliphatic heterocycles. The molecule has 2 aromatic rings. The predicted octanol–water partition coefficient (Wildman–Crippen LogP) is 2.56. The van der Waals surface area contributed by atoms with Gasteiger partial charge in [-0.05, 0) is 30.2 Å². The lowest BCUT2D eigenvalue weighted by molar-refractivity contribution is -0.116. The number of aryl methyl sites for hydroxylation is 1. The summed E-state index contributed by atoms with van der Waals surface area (Å²) in [7, 11) is 0. The number of nitrogens with zero attached hydrogens (tertiary/aromatic N) is 2. The molecule has 4 rings (SSSR count). The third-order valence-electron chi connectivity index (χ3n) is 5.38. The first-order valence-corrected chi connectivity index (χ1v) is 9.93. The van der Waals surface area contributed by atoms with Crippen molar-refractivity contribution in [3.8, 4) is 5.75 Å². The van der Waals surface area contributed by atoms with Gasteiger partial charge >= 0.3 is 0 Å². The number of carbonyl (C=O) groups is 1. The smallest absolute Gasteiger partial charge is 0.224 e. The van der Waals surface area contributed by atoms with E-state index in [2.05, 4.69) is 39.4 Å². The summed E-state index contributed by atoms with van der Waals surface area (Å²) in [6, 6.07) is 16.2. The van der Waals surface area contributed by atoms with Crippen LogP contribution in [0.15, 0.2) is 48.5 Å². The number of hydrogen-bond donors (Lipinski definition) is 2. The molecule has 2 aromatic carbocycles. The van der Waals surface area contributed by atoms with Gasteiger partial charge in [-0.1, -0.05) is 24.3 Å². The highest BCUT2D eigenvalue weighted by molar-refractivity contribution is 5.94. The van der Waals surface area contributed by atoms with Gasteiger partial charge in [0.2, 0.25) is 5.91 Å². The van der Waals surface area contributed by atoms with Crippen molar-refractivity contribution in [3.05, 3.63) is 54.1 Å². The lowest BCUT2D eigenvalue weighted by Crippen LogP contribution is -2.49. The molecule has 6 nitrogen and oxygen atoms in total. The number of carbonyl (C=O) groups excluding carboxylic acids is 1. The summed E-state index contributed by atoms with van der Waals surface area (Å²) < 4.78 is 5.76. The normalized spacial score (nSPS) is 17.7. The van der Waals surface area contributed by atoms with Crippen molar-refractivity contribution in [1.29, 1.82) is 0 Å². The molecule has 0 aliphatic carbocycles. The largest absolute Gasteiger partial charge is 0.491 e. The van der Waals surface area contributed by atoms with E-state index in [1.165, 1.54) is 5.69 Å². The Balaban J connectivity index is 0.00000240. The van der Waals surface area contributed by atoms with Crippen LogP contribution in [0.4, 0.5) is 11.4 Å². The van der Waals surface area contributed by atoms with Gasteiger partial charge in [-0.25, -0.2) is 0 Å². The predicted molar refractivity (Wildman–Crippen MR) is 117 cm³/mol. The third-order valence-corrected chi connectivity index (χ3v) is 5.38. The number of β-amino-alcohol motifs (C(OH)–C–C–N with tert-alkyl or cyclic N) is 1. The second-order valence-corrected chi connectivity index (χ2v) is 7.46. The number of benzene rings is 2. The number of aliphatic hydroxyl groups is 1. The van der Waals surface area contributed by atoms with Crippen LogP contribution in [0.25, 0.3) is 0 Å². The highest BCUT2D eigenvalue weighted by Gasteiger charge is 2.20. The zero-order chi connectivity index (χ0) is 19.3. The fourth-order valence-electron chi connectivity index (χ4n) is 3.81. The second kappa shape index (κ2) is 9.96. The van der Waals surface area contributed by atoms with Gasteiger partial charge in [0, 0.05) is 56.6 Å². The molecular weight excluding hydrogens is 390 g/mol. The topological polar surface area (TPSA) is 65.0 Å². The molecule has 0 spiro atoms. The summed E-state index contributed by atoms with van der Waals surface area (Å²) >= 11 is 0. The Morgan fingerprint density at radius 2 is 1.79 bits per heavy atom. The Hall–Kier alpha value is -2.28. The van der Waals surface area contributed by atoms with Crippen molar-refractivity contribution in [3.63, 3.8) is 0 Å². The highest BCUT2D eigenvalue weighted by atomic mass is 35.5. The second-order valence-electron chi connectivity index (χ2n) is 7.46. The Labute approximate surface area is 177 Å². The molecule has 1 fully saturated rings. The number of halogens is 1. The van der Waals surface area contributed by atoms with Gasteiger partial charge in [0.15, 0.2) is 0 Å².